The molecule has 2 heterocycles. The summed E-state index contributed by atoms with van der Waals surface area (Å²) in [5.74, 6) is -0.199. The number of aryl methyl sites for hydroxylation is 1. The third-order valence-corrected chi connectivity index (χ3v) is 7.39. The van der Waals surface area contributed by atoms with Gasteiger partial charge >= 0.3 is 0 Å². The second kappa shape index (κ2) is 10.4. The molecule has 0 saturated carbocycles. The van der Waals surface area contributed by atoms with Crippen molar-refractivity contribution in [3.05, 3.63) is 126 Å². The predicted octanol–water partition coefficient (Wildman–Crippen LogP) is 8.51. The molecule has 0 bridgehead atoms. The number of carbonyl (C=O) groups excluding carboxylic acids is 1. The lowest BCUT2D eigenvalue weighted by molar-refractivity contribution is 0.102. The number of carbonyl (C=O) groups is 1. The molecule has 0 atom stereocenters. The molecule has 5 heteroatoms. The smallest absolute Gasteiger partial charge is 0.258 e. The highest BCUT2D eigenvalue weighted by molar-refractivity contribution is 7.14. The van der Waals surface area contributed by atoms with Gasteiger partial charge in [0, 0.05) is 21.9 Å². The molecule has 0 radical (unpaired) electrons. The van der Waals surface area contributed by atoms with Gasteiger partial charge in [0.25, 0.3) is 5.91 Å². The zero-order chi connectivity index (χ0) is 25.9. The number of aromatic nitrogens is 2. The van der Waals surface area contributed by atoms with Crippen LogP contribution in [-0.2, 0) is 6.42 Å². The SMILES string of the molecule is CCc1ccc(-c2cc(C(=O)Nc3nc(-c4ccc(-c5ccccc5)cc4)cs3)c3ccccc3n2)cc1. The van der Waals surface area contributed by atoms with Gasteiger partial charge in [0.1, 0.15) is 0 Å². The van der Waals surface area contributed by atoms with E-state index in [1.54, 1.807) is 0 Å². The summed E-state index contributed by atoms with van der Waals surface area (Å²) < 4.78 is 0. The first kappa shape index (κ1) is 23.8. The Kier molecular flexibility index (Phi) is 6.51. The zero-order valence-corrected chi connectivity index (χ0v) is 21.7. The van der Waals surface area contributed by atoms with E-state index in [0.29, 0.717) is 10.7 Å². The van der Waals surface area contributed by atoms with E-state index in [9.17, 15) is 4.79 Å². The van der Waals surface area contributed by atoms with Crippen LogP contribution >= 0.6 is 11.3 Å². The maximum atomic E-state index is 13.5. The second-order valence-electron chi connectivity index (χ2n) is 9.06. The molecule has 0 aliphatic heterocycles. The van der Waals surface area contributed by atoms with E-state index >= 15 is 0 Å². The number of nitrogens with zero attached hydrogens (tertiary/aromatic N) is 2. The molecule has 0 aliphatic carbocycles. The molecule has 6 rings (SSSR count). The molecule has 0 unspecified atom stereocenters. The Morgan fingerprint density at radius 3 is 2.11 bits per heavy atom. The van der Waals surface area contributed by atoms with Gasteiger partial charge in [-0.15, -0.1) is 11.3 Å². The highest BCUT2D eigenvalue weighted by atomic mass is 32.1. The molecule has 6 aromatic rings. The summed E-state index contributed by atoms with van der Waals surface area (Å²) >= 11 is 1.42. The van der Waals surface area contributed by atoms with Crippen molar-refractivity contribution in [3.8, 4) is 33.6 Å². The van der Waals surface area contributed by atoms with Crippen LogP contribution in [0.15, 0.2) is 115 Å². The number of amides is 1. The zero-order valence-electron chi connectivity index (χ0n) is 20.9. The van der Waals surface area contributed by atoms with E-state index in [4.69, 9.17) is 9.97 Å². The Balaban J connectivity index is 1.27. The maximum Gasteiger partial charge on any atom is 0.258 e. The fourth-order valence-electron chi connectivity index (χ4n) is 4.51. The number of hydrogen-bond acceptors (Lipinski definition) is 4. The van der Waals surface area contributed by atoms with Crippen molar-refractivity contribution >= 4 is 33.3 Å². The summed E-state index contributed by atoms with van der Waals surface area (Å²) in [5.41, 5.74) is 8.56. The number of nitrogens with one attached hydrogen (secondary N) is 1. The molecular weight excluding hydrogens is 486 g/mol. The first-order valence-corrected chi connectivity index (χ1v) is 13.5. The van der Waals surface area contributed by atoms with Crippen molar-refractivity contribution in [2.75, 3.05) is 5.32 Å². The number of para-hydroxylation sites is 1. The number of anilines is 1. The third-order valence-electron chi connectivity index (χ3n) is 6.63. The predicted molar refractivity (Wildman–Crippen MR) is 157 cm³/mol. The molecule has 184 valence electrons. The number of benzene rings is 4. The van der Waals surface area contributed by atoms with Crippen LogP contribution in [-0.4, -0.2) is 15.9 Å². The van der Waals surface area contributed by atoms with E-state index in [1.807, 2.05) is 53.9 Å². The van der Waals surface area contributed by atoms with Crippen LogP contribution < -0.4 is 5.32 Å². The van der Waals surface area contributed by atoms with Crippen LogP contribution in [0.1, 0.15) is 22.8 Å². The molecule has 0 aliphatic rings. The maximum absolute atomic E-state index is 13.5. The highest BCUT2D eigenvalue weighted by Gasteiger charge is 2.16. The quantitative estimate of drug-likeness (QED) is 0.244. The first-order chi connectivity index (χ1) is 18.7. The Morgan fingerprint density at radius 1 is 0.711 bits per heavy atom. The van der Waals surface area contributed by atoms with Crippen molar-refractivity contribution in [3.63, 3.8) is 0 Å². The van der Waals surface area contributed by atoms with Crippen LogP contribution in [0.2, 0.25) is 0 Å². The summed E-state index contributed by atoms with van der Waals surface area (Å²) in [4.78, 5) is 23.0. The minimum Gasteiger partial charge on any atom is -0.298 e. The summed E-state index contributed by atoms with van der Waals surface area (Å²) in [7, 11) is 0. The lowest BCUT2D eigenvalue weighted by Crippen LogP contribution is -2.13. The molecule has 1 N–H and O–H groups in total. The average Bonchev–Trinajstić information content (AvgIpc) is 3.45. The van der Waals surface area contributed by atoms with Crippen molar-refractivity contribution in [2.24, 2.45) is 0 Å². The normalized spacial score (nSPS) is 11.0. The van der Waals surface area contributed by atoms with Gasteiger partial charge in [-0.3, -0.25) is 10.1 Å². The standard InChI is InChI=1S/C33H25N3OS/c1-2-22-12-14-25(15-13-22)30-20-28(27-10-6-7-11-29(27)34-30)32(37)36-33-35-31(21-38-33)26-18-16-24(17-19-26)23-8-4-3-5-9-23/h3-21H,2H2,1H3,(H,35,36,37). The minimum absolute atomic E-state index is 0.199. The number of hydrogen-bond donors (Lipinski definition) is 1. The molecule has 2 aromatic heterocycles. The first-order valence-electron chi connectivity index (χ1n) is 12.6. The van der Waals surface area contributed by atoms with Gasteiger partial charge in [-0.2, -0.15) is 0 Å². The Hall–Kier alpha value is -4.61. The van der Waals surface area contributed by atoms with Crippen molar-refractivity contribution < 1.29 is 4.79 Å². The topological polar surface area (TPSA) is 54.9 Å². The molecule has 38 heavy (non-hydrogen) atoms. The second-order valence-corrected chi connectivity index (χ2v) is 9.92. The number of pyridine rings is 1. The van der Waals surface area contributed by atoms with E-state index in [-0.39, 0.29) is 5.91 Å². The van der Waals surface area contributed by atoms with Crippen LogP contribution in [0.3, 0.4) is 0 Å². The Labute approximate surface area is 225 Å². The minimum atomic E-state index is -0.199. The molecule has 4 aromatic carbocycles. The Morgan fingerprint density at radius 2 is 1.34 bits per heavy atom. The van der Waals surface area contributed by atoms with Gasteiger partial charge in [0.05, 0.1) is 22.5 Å². The number of rotatable bonds is 6. The van der Waals surface area contributed by atoms with Gasteiger partial charge in [-0.25, -0.2) is 9.97 Å². The van der Waals surface area contributed by atoms with E-state index in [2.05, 4.69) is 72.9 Å². The van der Waals surface area contributed by atoms with Crippen LogP contribution in [0, 0.1) is 0 Å². The Bertz CT molecular complexity index is 1720. The lowest BCUT2D eigenvalue weighted by Gasteiger charge is -2.10. The fourth-order valence-corrected chi connectivity index (χ4v) is 5.23. The molecule has 0 spiro atoms. The van der Waals surface area contributed by atoms with E-state index in [0.717, 1.165) is 45.4 Å². The van der Waals surface area contributed by atoms with Crippen molar-refractivity contribution in [2.45, 2.75) is 13.3 Å². The fraction of sp³-hybridized carbons (Fsp3) is 0.0606. The van der Waals surface area contributed by atoms with Crippen LogP contribution in [0.25, 0.3) is 44.5 Å². The van der Waals surface area contributed by atoms with Crippen molar-refractivity contribution in [1.29, 1.82) is 0 Å². The monoisotopic (exact) mass is 511 g/mol. The summed E-state index contributed by atoms with van der Waals surface area (Å²) in [6.45, 7) is 2.13. The molecule has 0 saturated heterocycles. The summed E-state index contributed by atoms with van der Waals surface area (Å²) in [6.07, 6.45) is 0.978. The lowest BCUT2D eigenvalue weighted by atomic mass is 10.0. The molecule has 4 nitrogen and oxygen atoms in total. The van der Waals surface area contributed by atoms with Crippen molar-refractivity contribution in [1.82, 2.24) is 9.97 Å². The van der Waals surface area contributed by atoms with Gasteiger partial charge in [0.15, 0.2) is 5.13 Å². The number of fused-ring (bicyclic) bond motifs is 1. The van der Waals surface area contributed by atoms with Gasteiger partial charge < -0.3 is 0 Å². The largest absolute Gasteiger partial charge is 0.298 e. The van der Waals surface area contributed by atoms with Crippen LogP contribution in [0.4, 0.5) is 5.13 Å². The highest BCUT2D eigenvalue weighted by Crippen LogP contribution is 2.30. The summed E-state index contributed by atoms with van der Waals surface area (Å²) in [6, 6.07) is 36.6. The molecular formula is C33H25N3OS. The average molecular weight is 512 g/mol. The van der Waals surface area contributed by atoms with E-state index in [1.165, 1.54) is 22.5 Å². The molecule has 0 fully saturated rings. The van der Waals surface area contributed by atoms with Gasteiger partial charge in [0.2, 0.25) is 0 Å². The van der Waals surface area contributed by atoms with Crippen LogP contribution in [0.5, 0.6) is 0 Å². The third kappa shape index (κ3) is 4.84. The van der Waals surface area contributed by atoms with E-state index < -0.39 is 0 Å². The van der Waals surface area contributed by atoms with Gasteiger partial charge in [-0.1, -0.05) is 104 Å². The van der Waals surface area contributed by atoms with Gasteiger partial charge in [-0.05, 0) is 35.2 Å². The molecule has 1 amide bonds. The summed E-state index contributed by atoms with van der Waals surface area (Å²) in [5, 5.41) is 6.36. The number of thiazole rings is 1.